The molecule has 10 heteroatoms. The molecule has 1 aliphatic rings. The molecule has 1 aliphatic carbocycles. The molecule has 1 N–H and O–H groups in total. The van der Waals surface area contributed by atoms with Crippen LogP contribution in [0.5, 0.6) is 0 Å². The molecule has 7 nitrogen and oxygen atoms in total. The molecule has 0 radical (unpaired) electrons. The lowest BCUT2D eigenvalue weighted by Gasteiger charge is -2.29. The van der Waals surface area contributed by atoms with Crippen molar-refractivity contribution >= 4 is 28.3 Å². The fraction of sp³-hybridized carbons (Fsp3) is 0.440. The maximum absolute atomic E-state index is 13.9. The summed E-state index contributed by atoms with van der Waals surface area (Å²) in [5.74, 6) is 0.472. The largest absolute Gasteiger partial charge is 0.350 e. The minimum atomic E-state index is -0.881. The van der Waals surface area contributed by atoms with Gasteiger partial charge in [-0.15, -0.1) is 5.10 Å². The molecular weight excluding hydrogens is 468 g/mol. The fourth-order valence-electron chi connectivity index (χ4n) is 5.01. The van der Waals surface area contributed by atoms with Gasteiger partial charge in [-0.2, -0.15) is 9.36 Å². The zero-order valence-electron chi connectivity index (χ0n) is 20.3. The first-order valence-corrected chi connectivity index (χ1v) is 12.7. The van der Waals surface area contributed by atoms with E-state index in [0.717, 1.165) is 48.5 Å². The Bertz CT molecular complexity index is 1350. The van der Waals surface area contributed by atoms with Gasteiger partial charge in [0.2, 0.25) is 11.1 Å². The monoisotopic (exact) mass is 497 g/mol. The Balaban J connectivity index is 1.42. The first-order chi connectivity index (χ1) is 16.8. The van der Waals surface area contributed by atoms with E-state index in [1.165, 1.54) is 17.6 Å². The number of aromatic nitrogens is 5. The molecule has 1 saturated carbocycles. The molecule has 35 heavy (non-hydrogen) atoms. The first-order valence-electron chi connectivity index (χ1n) is 12.0. The van der Waals surface area contributed by atoms with E-state index in [-0.39, 0.29) is 6.04 Å². The summed E-state index contributed by atoms with van der Waals surface area (Å²) in [6, 6.07) is 6.05. The van der Waals surface area contributed by atoms with Gasteiger partial charge >= 0.3 is 0 Å². The predicted octanol–water partition coefficient (Wildman–Crippen LogP) is 5.50. The van der Waals surface area contributed by atoms with Crippen molar-refractivity contribution in [1.29, 1.82) is 0 Å². The summed E-state index contributed by atoms with van der Waals surface area (Å²) >= 11 is 1.44. The number of nitrogens with zero attached hydrogens (tertiary/aromatic N) is 6. The number of hydrogen-bond acceptors (Lipinski definition) is 7. The summed E-state index contributed by atoms with van der Waals surface area (Å²) in [7, 11) is 0. The normalized spacial score (nSPS) is 20.0. The van der Waals surface area contributed by atoms with Gasteiger partial charge in [0.1, 0.15) is 5.82 Å². The van der Waals surface area contributed by atoms with Gasteiger partial charge in [-0.25, -0.2) is 18.3 Å². The van der Waals surface area contributed by atoms with Gasteiger partial charge < -0.3 is 10.2 Å². The molecule has 0 spiro atoms. The lowest BCUT2D eigenvalue weighted by Crippen LogP contribution is -2.38. The zero-order valence-corrected chi connectivity index (χ0v) is 21.1. The van der Waals surface area contributed by atoms with Crippen LogP contribution in [-0.4, -0.2) is 43.1 Å². The number of benzene rings is 1. The van der Waals surface area contributed by atoms with Crippen LogP contribution in [0.4, 0.5) is 19.9 Å². The molecule has 5 rings (SSSR count). The standard InChI is InChI=1S/C25H29F2N7S/c1-5-33(25-28-16(4)32-35-25)13-18-7-6-15(3)22(18)29-24-30-23-19(10-14(2)12-34(23)31-24)17-8-9-20(26)21(27)11-17/h8-12,15,18,22H,5-7,13H2,1-4H3,(H,29,31). The van der Waals surface area contributed by atoms with Crippen molar-refractivity contribution in [3.63, 3.8) is 0 Å². The topological polar surface area (TPSA) is 71.2 Å². The summed E-state index contributed by atoms with van der Waals surface area (Å²) in [6.07, 6.45) is 4.13. The Morgan fingerprint density at radius 2 is 1.97 bits per heavy atom. The molecule has 4 aromatic rings. The second-order valence-corrected chi connectivity index (χ2v) is 10.1. The van der Waals surface area contributed by atoms with Gasteiger partial charge in [-0.05, 0) is 74.8 Å². The summed E-state index contributed by atoms with van der Waals surface area (Å²) < 4.78 is 33.5. The third kappa shape index (κ3) is 4.71. The van der Waals surface area contributed by atoms with Crippen LogP contribution in [0, 0.1) is 37.3 Å². The summed E-state index contributed by atoms with van der Waals surface area (Å²) in [6.45, 7) is 10.0. The highest BCUT2D eigenvalue weighted by atomic mass is 32.1. The third-order valence-corrected chi connectivity index (χ3v) is 7.70. The summed E-state index contributed by atoms with van der Waals surface area (Å²) in [4.78, 5) is 11.6. The van der Waals surface area contributed by atoms with Crippen LogP contribution in [-0.2, 0) is 0 Å². The van der Waals surface area contributed by atoms with Crippen LogP contribution in [0.1, 0.15) is 38.1 Å². The fourth-order valence-corrected chi connectivity index (χ4v) is 5.76. The molecule has 184 valence electrons. The van der Waals surface area contributed by atoms with Crippen LogP contribution in [0.3, 0.4) is 0 Å². The van der Waals surface area contributed by atoms with Crippen molar-refractivity contribution in [2.24, 2.45) is 11.8 Å². The predicted molar refractivity (Wildman–Crippen MR) is 135 cm³/mol. The minimum Gasteiger partial charge on any atom is -0.350 e. The van der Waals surface area contributed by atoms with E-state index in [0.29, 0.717) is 34.6 Å². The van der Waals surface area contributed by atoms with Crippen molar-refractivity contribution in [2.75, 3.05) is 23.3 Å². The summed E-state index contributed by atoms with van der Waals surface area (Å²) in [5.41, 5.74) is 2.83. The molecule has 0 bridgehead atoms. The highest BCUT2D eigenvalue weighted by Gasteiger charge is 2.35. The van der Waals surface area contributed by atoms with Gasteiger partial charge in [0.15, 0.2) is 17.3 Å². The number of pyridine rings is 1. The number of nitrogens with one attached hydrogen (secondary N) is 1. The van der Waals surface area contributed by atoms with Crippen molar-refractivity contribution in [3.8, 4) is 11.1 Å². The van der Waals surface area contributed by atoms with Crippen molar-refractivity contribution in [2.45, 2.75) is 46.6 Å². The van der Waals surface area contributed by atoms with E-state index >= 15 is 0 Å². The number of aryl methyl sites for hydroxylation is 2. The van der Waals surface area contributed by atoms with E-state index in [4.69, 9.17) is 4.98 Å². The lowest BCUT2D eigenvalue weighted by molar-refractivity contribution is 0.451. The number of halogens is 2. The smallest absolute Gasteiger partial charge is 0.243 e. The third-order valence-electron chi connectivity index (χ3n) is 6.83. The number of hydrogen-bond donors (Lipinski definition) is 1. The minimum absolute atomic E-state index is 0.211. The van der Waals surface area contributed by atoms with E-state index in [1.807, 2.05) is 26.1 Å². The van der Waals surface area contributed by atoms with Crippen LogP contribution in [0.2, 0.25) is 0 Å². The number of fused-ring (bicyclic) bond motifs is 1. The Morgan fingerprint density at radius 1 is 1.14 bits per heavy atom. The van der Waals surface area contributed by atoms with Crippen molar-refractivity contribution in [3.05, 3.63) is 53.5 Å². The van der Waals surface area contributed by atoms with Crippen LogP contribution < -0.4 is 10.2 Å². The molecule has 1 fully saturated rings. The second kappa shape index (κ2) is 9.49. The maximum atomic E-state index is 13.9. The summed E-state index contributed by atoms with van der Waals surface area (Å²) in [5, 5.41) is 9.24. The highest BCUT2D eigenvalue weighted by Crippen LogP contribution is 2.35. The molecule has 0 amide bonds. The lowest BCUT2D eigenvalue weighted by atomic mass is 9.98. The van der Waals surface area contributed by atoms with Crippen LogP contribution in [0.25, 0.3) is 16.8 Å². The Kier molecular flexibility index (Phi) is 6.39. The Morgan fingerprint density at radius 3 is 2.69 bits per heavy atom. The van der Waals surface area contributed by atoms with Gasteiger partial charge in [0, 0.05) is 42.4 Å². The van der Waals surface area contributed by atoms with E-state index in [1.54, 1.807) is 10.6 Å². The Labute approximate surface area is 207 Å². The number of anilines is 2. The average Bonchev–Trinajstić information content (AvgIpc) is 3.53. The molecule has 3 atom stereocenters. The molecule has 1 aromatic carbocycles. The highest BCUT2D eigenvalue weighted by molar-refractivity contribution is 7.09. The zero-order chi connectivity index (χ0) is 24.7. The average molecular weight is 498 g/mol. The van der Waals surface area contributed by atoms with E-state index in [2.05, 4.69) is 38.5 Å². The van der Waals surface area contributed by atoms with E-state index in [9.17, 15) is 8.78 Å². The van der Waals surface area contributed by atoms with Gasteiger partial charge in [0.25, 0.3) is 0 Å². The van der Waals surface area contributed by atoms with E-state index < -0.39 is 11.6 Å². The molecular formula is C25H29F2N7S. The van der Waals surface area contributed by atoms with Crippen molar-refractivity contribution in [1.82, 2.24) is 24.0 Å². The molecule has 0 saturated heterocycles. The maximum Gasteiger partial charge on any atom is 0.243 e. The molecule has 0 aliphatic heterocycles. The number of rotatable bonds is 7. The van der Waals surface area contributed by atoms with Gasteiger partial charge in [-0.3, -0.25) is 0 Å². The van der Waals surface area contributed by atoms with Crippen LogP contribution >= 0.6 is 11.5 Å². The Hall–Kier alpha value is -3.14. The van der Waals surface area contributed by atoms with Gasteiger partial charge in [-0.1, -0.05) is 13.0 Å². The SMILES string of the molecule is CCN(CC1CCC(C)C1Nc1nc2c(-c3ccc(F)c(F)c3)cc(C)cn2n1)c1nc(C)ns1. The first kappa shape index (κ1) is 23.6. The van der Waals surface area contributed by atoms with Crippen LogP contribution in [0.15, 0.2) is 30.5 Å². The molecule has 3 aromatic heterocycles. The quantitative estimate of drug-likeness (QED) is 0.364. The second-order valence-electron chi connectivity index (χ2n) is 9.41. The van der Waals surface area contributed by atoms with Gasteiger partial charge in [0.05, 0.1) is 0 Å². The molecule has 3 unspecified atom stereocenters. The van der Waals surface area contributed by atoms with Crippen molar-refractivity contribution < 1.29 is 8.78 Å². The molecule has 3 heterocycles.